The third-order valence-corrected chi connectivity index (χ3v) is 2.95. The van der Waals surface area contributed by atoms with E-state index >= 15 is 0 Å². The van der Waals surface area contributed by atoms with E-state index in [0.717, 1.165) is 5.92 Å². The van der Waals surface area contributed by atoms with Gasteiger partial charge in [0.05, 0.1) is 0 Å². The van der Waals surface area contributed by atoms with Crippen molar-refractivity contribution in [1.82, 2.24) is 0 Å². The quantitative estimate of drug-likeness (QED) is 0.498. The molecular formula is C18H28N2. The molecule has 2 nitrogen and oxygen atoms in total. The van der Waals surface area contributed by atoms with Gasteiger partial charge in [0.25, 0.3) is 0 Å². The number of hydrogen-bond acceptors (Lipinski definition) is 1. The van der Waals surface area contributed by atoms with E-state index in [1.807, 2.05) is 19.1 Å². The first-order valence-corrected chi connectivity index (χ1v) is 7.40. The van der Waals surface area contributed by atoms with Gasteiger partial charge in [-0.15, -0.1) is 0 Å². The SMILES string of the molecule is C/C=C\C=NC=NC.CCCC(CC)c1ccccc1. The topological polar surface area (TPSA) is 24.7 Å². The molecule has 0 saturated carbocycles. The van der Waals surface area contributed by atoms with Crippen LogP contribution >= 0.6 is 0 Å². The van der Waals surface area contributed by atoms with E-state index in [2.05, 4.69) is 54.2 Å². The van der Waals surface area contributed by atoms with Crippen molar-refractivity contribution in [2.75, 3.05) is 7.05 Å². The summed E-state index contributed by atoms with van der Waals surface area (Å²) in [5.74, 6) is 0.774. The van der Waals surface area contributed by atoms with Gasteiger partial charge in [0.2, 0.25) is 0 Å². The first-order valence-electron chi connectivity index (χ1n) is 7.40. The average molecular weight is 272 g/mol. The van der Waals surface area contributed by atoms with Gasteiger partial charge >= 0.3 is 0 Å². The maximum atomic E-state index is 3.78. The van der Waals surface area contributed by atoms with E-state index < -0.39 is 0 Å². The maximum Gasteiger partial charge on any atom is 0.109 e. The van der Waals surface area contributed by atoms with Crippen molar-refractivity contribution in [3.8, 4) is 0 Å². The summed E-state index contributed by atoms with van der Waals surface area (Å²) >= 11 is 0. The predicted octanol–water partition coefficient (Wildman–Crippen LogP) is 5.27. The lowest BCUT2D eigenvalue weighted by Gasteiger charge is -2.13. The fraction of sp³-hybridized carbons (Fsp3) is 0.444. The summed E-state index contributed by atoms with van der Waals surface area (Å²) in [6, 6.07) is 10.8. The molecule has 110 valence electrons. The van der Waals surface area contributed by atoms with Gasteiger partial charge in [-0.3, -0.25) is 4.99 Å². The molecule has 1 aromatic rings. The molecule has 0 aromatic heterocycles. The number of aliphatic imine (C=N–C) groups is 2. The normalized spacial score (nSPS) is 12.8. The number of hydrogen-bond donors (Lipinski definition) is 0. The number of rotatable bonds is 6. The van der Waals surface area contributed by atoms with E-state index in [4.69, 9.17) is 0 Å². The lowest BCUT2D eigenvalue weighted by atomic mass is 9.92. The summed E-state index contributed by atoms with van der Waals surface area (Å²) in [4.78, 5) is 7.43. The van der Waals surface area contributed by atoms with E-state index in [9.17, 15) is 0 Å². The molecule has 1 unspecified atom stereocenters. The van der Waals surface area contributed by atoms with Crippen LogP contribution in [0.25, 0.3) is 0 Å². The van der Waals surface area contributed by atoms with E-state index in [0.29, 0.717) is 0 Å². The highest BCUT2D eigenvalue weighted by atomic mass is 14.8. The Labute approximate surface area is 124 Å². The molecule has 1 atom stereocenters. The van der Waals surface area contributed by atoms with Crippen molar-refractivity contribution >= 4 is 12.6 Å². The summed E-state index contributed by atoms with van der Waals surface area (Å²) in [5.41, 5.74) is 1.50. The van der Waals surface area contributed by atoms with Crippen molar-refractivity contribution in [3.63, 3.8) is 0 Å². The van der Waals surface area contributed by atoms with Crippen molar-refractivity contribution in [2.24, 2.45) is 9.98 Å². The second-order valence-corrected chi connectivity index (χ2v) is 4.50. The summed E-state index contributed by atoms with van der Waals surface area (Å²) in [6.07, 6.45) is 10.8. The van der Waals surface area contributed by atoms with Crippen LogP contribution in [0.15, 0.2) is 52.5 Å². The summed E-state index contributed by atoms with van der Waals surface area (Å²) in [6.45, 7) is 6.47. The number of nitrogens with zero attached hydrogens (tertiary/aromatic N) is 2. The van der Waals surface area contributed by atoms with Gasteiger partial charge in [-0.2, -0.15) is 0 Å². The molecule has 0 N–H and O–H groups in total. The fourth-order valence-electron chi connectivity index (χ4n) is 1.92. The Morgan fingerprint density at radius 3 is 2.35 bits per heavy atom. The Kier molecular flexibility index (Phi) is 12.6. The molecule has 0 amide bonds. The largest absolute Gasteiger partial charge is 0.277 e. The molecular weight excluding hydrogens is 244 g/mol. The van der Waals surface area contributed by atoms with Crippen molar-refractivity contribution in [3.05, 3.63) is 48.0 Å². The molecule has 20 heavy (non-hydrogen) atoms. The molecule has 0 spiro atoms. The standard InChI is InChI=1S/C12H18.C6H10N2/c1-3-8-11(4-2)12-9-6-5-7-10-12;1-3-4-5-8-6-7-2/h5-7,9-11H,3-4,8H2,1-2H3;3-6H,1-2H3/b;4-3-,7-6?,8-5?. The van der Waals surface area contributed by atoms with Crippen LogP contribution in [0.1, 0.15) is 51.5 Å². The summed E-state index contributed by atoms with van der Waals surface area (Å²) in [7, 11) is 1.69. The molecule has 0 aliphatic carbocycles. The van der Waals surface area contributed by atoms with Gasteiger partial charge in [0, 0.05) is 13.3 Å². The molecule has 0 aliphatic rings. The first kappa shape index (κ1) is 18.3. The smallest absolute Gasteiger partial charge is 0.109 e. The lowest BCUT2D eigenvalue weighted by molar-refractivity contribution is 0.596. The third kappa shape index (κ3) is 9.26. The number of benzene rings is 1. The van der Waals surface area contributed by atoms with Crippen LogP contribution < -0.4 is 0 Å². The minimum atomic E-state index is 0.774. The van der Waals surface area contributed by atoms with Crippen LogP contribution in [-0.4, -0.2) is 19.6 Å². The molecule has 1 rings (SSSR count). The van der Waals surface area contributed by atoms with Crippen LogP contribution in [0.2, 0.25) is 0 Å². The highest BCUT2D eigenvalue weighted by Gasteiger charge is 2.05. The Bertz CT molecular complexity index is 377. The predicted molar refractivity (Wildman–Crippen MR) is 92.1 cm³/mol. The Morgan fingerprint density at radius 1 is 1.15 bits per heavy atom. The van der Waals surface area contributed by atoms with E-state index in [1.165, 1.54) is 31.2 Å². The van der Waals surface area contributed by atoms with Crippen molar-refractivity contribution < 1.29 is 0 Å². The van der Waals surface area contributed by atoms with Gasteiger partial charge in [0.15, 0.2) is 0 Å². The summed E-state index contributed by atoms with van der Waals surface area (Å²) < 4.78 is 0. The maximum absolute atomic E-state index is 3.78. The molecule has 0 aliphatic heterocycles. The van der Waals surface area contributed by atoms with E-state index in [1.54, 1.807) is 13.3 Å². The number of allylic oxidation sites excluding steroid dienone is 2. The molecule has 0 heterocycles. The van der Waals surface area contributed by atoms with Gasteiger partial charge < -0.3 is 0 Å². The zero-order chi connectivity index (χ0) is 15.1. The van der Waals surface area contributed by atoms with Crippen LogP contribution in [-0.2, 0) is 0 Å². The van der Waals surface area contributed by atoms with Crippen LogP contribution in [0, 0.1) is 0 Å². The van der Waals surface area contributed by atoms with Crippen molar-refractivity contribution in [2.45, 2.75) is 46.0 Å². The lowest BCUT2D eigenvalue weighted by Crippen LogP contribution is -1.95. The highest BCUT2D eigenvalue weighted by Crippen LogP contribution is 2.23. The van der Waals surface area contributed by atoms with Crippen LogP contribution in [0.5, 0.6) is 0 Å². The van der Waals surface area contributed by atoms with Gasteiger partial charge in [-0.25, -0.2) is 4.99 Å². The molecule has 0 fully saturated rings. The molecule has 0 radical (unpaired) electrons. The van der Waals surface area contributed by atoms with Gasteiger partial charge in [0.1, 0.15) is 6.34 Å². The average Bonchev–Trinajstić information content (AvgIpc) is 2.51. The highest BCUT2D eigenvalue weighted by molar-refractivity contribution is 5.79. The van der Waals surface area contributed by atoms with Gasteiger partial charge in [-0.1, -0.05) is 56.7 Å². The third-order valence-electron chi connectivity index (χ3n) is 2.95. The molecule has 1 aromatic carbocycles. The minimum Gasteiger partial charge on any atom is -0.277 e. The van der Waals surface area contributed by atoms with Crippen LogP contribution in [0.4, 0.5) is 0 Å². The monoisotopic (exact) mass is 272 g/mol. The van der Waals surface area contributed by atoms with Crippen LogP contribution in [0.3, 0.4) is 0 Å². The van der Waals surface area contributed by atoms with E-state index in [-0.39, 0.29) is 0 Å². The zero-order valence-electron chi connectivity index (χ0n) is 13.3. The second-order valence-electron chi connectivity index (χ2n) is 4.50. The molecule has 0 saturated heterocycles. The first-order chi connectivity index (χ1) is 9.79. The van der Waals surface area contributed by atoms with Gasteiger partial charge in [-0.05, 0) is 37.3 Å². The Hall–Kier alpha value is -1.70. The second kappa shape index (κ2) is 13.7. The fourth-order valence-corrected chi connectivity index (χ4v) is 1.92. The summed E-state index contributed by atoms with van der Waals surface area (Å²) in [5, 5.41) is 0. The zero-order valence-corrected chi connectivity index (χ0v) is 13.3. The Morgan fingerprint density at radius 2 is 1.85 bits per heavy atom. The molecule has 0 bridgehead atoms. The minimum absolute atomic E-state index is 0.774. The molecule has 2 heteroatoms. The Balaban J connectivity index is 0.000000396. The van der Waals surface area contributed by atoms with Crippen molar-refractivity contribution in [1.29, 1.82) is 0 Å².